The zero-order chi connectivity index (χ0) is 21.2. The SMILES string of the molecule is CC.O=C(Nc1ccc(Br)cc1C(=O)O)C1=CC=CC(OCC2CCCC2)CC1. The van der Waals surface area contributed by atoms with Crippen molar-refractivity contribution in [2.24, 2.45) is 5.92 Å². The molecule has 158 valence electrons. The maximum Gasteiger partial charge on any atom is 0.337 e. The van der Waals surface area contributed by atoms with Crippen molar-refractivity contribution in [3.05, 3.63) is 52.0 Å². The zero-order valence-corrected chi connectivity index (χ0v) is 18.7. The second-order valence-electron chi connectivity index (χ2n) is 7.09. The standard InChI is InChI=1S/C21H24BrNO4.C2H6/c22-16-9-11-19(18(12-16)21(25)26)23-20(24)15-6-3-7-17(10-8-15)27-13-14-4-1-2-5-14;1-2/h3,6-7,9,11-12,14,17H,1-2,4-5,8,10,13H2,(H,23,24)(H,25,26);1-2H3. The Balaban J connectivity index is 0.00000145. The van der Waals surface area contributed by atoms with Gasteiger partial charge in [0.1, 0.15) is 0 Å². The monoisotopic (exact) mass is 463 g/mol. The molecule has 0 bridgehead atoms. The van der Waals surface area contributed by atoms with Crippen LogP contribution in [0.2, 0.25) is 0 Å². The molecule has 0 aromatic heterocycles. The quantitative estimate of drug-likeness (QED) is 0.545. The van der Waals surface area contributed by atoms with Crippen LogP contribution in [-0.4, -0.2) is 29.7 Å². The van der Waals surface area contributed by atoms with Crippen molar-refractivity contribution in [2.75, 3.05) is 11.9 Å². The van der Waals surface area contributed by atoms with Crippen LogP contribution in [0.25, 0.3) is 0 Å². The number of nitrogens with one attached hydrogen (secondary N) is 1. The van der Waals surface area contributed by atoms with Crippen molar-refractivity contribution in [2.45, 2.75) is 58.5 Å². The van der Waals surface area contributed by atoms with Gasteiger partial charge in [-0.05, 0) is 49.8 Å². The highest BCUT2D eigenvalue weighted by atomic mass is 79.9. The minimum atomic E-state index is -1.08. The predicted octanol–water partition coefficient (Wildman–Crippen LogP) is 5.96. The summed E-state index contributed by atoms with van der Waals surface area (Å²) in [5.74, 6) is -0.688. The van der Waals surface area contributed by atoms with Crippen molar-refractivity contribution in [3.8, 4) is 0 Å². The highest BCUT2D eigenvalue weighted by Crippen LogP contribution is 2.27. The summed E-state index contributed by atoms with van der Waals surface area (Å²) in [6, 6.07) is 4.77. The molecule has 1 aromatic carbocycles. The number of halogens is 1. The van der Waals surface area contributed by atoms with E-state index in [2.05, 4.69) is 21.2 Å². The lowest BCUT2D eigenvalue weighted by molar-refractivity contribution is -0.113. The van der Waals surface area contributed by atoms with Crippen LogP contribution in [0, 0.1) is 5.92 Å². The van der Waals surface area contributed by atoms with Crippen LogP contribution >= 0.6 is 15.9 Å². The maximum absolute atomic E-state index is 12.6. The normalized spacial score (nSPS) is 19.0. The van der Waals surface area contributed by atoms with Gasteiger partial charge in [-0.1, -0.05) is 60.8 Å². The topological polar surface area (TPSA) is 75.6 Å². The third-order valence-corrected chi connectivity index (χ3v) is 5.59. The fourth-order valence-corrected chi connectivity index (χ4v) is 3.90. The zero-order valence-electron chi connectivity index (χ0n) is 17.1. The fourth-order valence-electron chi connectivity index (χ4n) is 3.54. The number of carbonyl (C=O) groups excluding carboxylic acids is 1. The van der Waals surface area contributed by atoms with Gasteiger partial charge in [-0.2, -0.15) is 0 Å². The molecular weight excluding hydrogens is 434 g/mol. The van der Waals surface area contributed by atoms with Gasteiger partial charge in [0.2, 0.25) is 0 Å². The molecule has 2 N–H and O–H groups in total. The van der Waals surface area contributed by atoms with Gasteiger partial charge in [-0.25, -0.2) is 4.79 Å². The van der Waals surface area contributed by atoms with E-state index in [1.807, 2.05) is 26.0 Å². The number of carboxylic acid groups (broad SMARTS) is 1. The Hall–Kier alpha value is -1.92. The summed E-state index contributed by atoms with van der Waals surface area (Å²) in [6.45, 7) is 4.79. The molecule has 1 atom stereocenters. The number of benzene rings is 1. The maximum atomic E-state index is 12.6. The predicted molar refractivity (Wildman–Crippen MR) is 119 cm³/mol. The first-order valence-corrected chi connectivity index (χ1v) is 11.2. The Morgan fingerprint density at radius 3 is 2.62 bits per heavy atom. The Morgan fingerprint density at radius 1 is 1.21 bits per heavy atom. The Labute approximate surface area is 181 Å². The van der Waals surface area contributed by atoms with E-state index < -0.39 is 5.97 Å². The average Bonchev–Trinajstić information content (AvgIpc) is 3.13. The van der Waals surface area contributed by atoms with Gasteiger partial charge < -0.3 is 15.2 Å². The van der Waals surface area contributed by atoms with Crippen LogP contribution in [0.15, 0.2) is 46.5 Å². The van der Waals surface area contributed by atoms with Crippen molar-refractivity contribution in [3.63, 3.8) is 0 Å². The van der Waals surface area contributed by atoms with Gasteiger partial charge in [0.05, 0.1) is 24.0 Å². The van der Waals surface area contributed by atoms with Gasteiger partial charge in [-0.15, -0.1) is 0 Å². The molecule has 2 aliphatic rings. The van der Waals surface area contributed by atoms with E-state index in [1.165, 1.54) is 31.7 Å². The second-order valence-corrected chi connectivity index (χ2v) is 8.00. The summed E-state index contributed by atoms with van der Waals surface area (Å²) in [7, 11) is 0. The van der Waals surface area contributed by atoms with E-state index in [0.717, 1.165) is 13.0 Å². The van der Waals surface area contributed by atoms with Crippen molar-refractivity contribution >= 4 is 33.5 Å². The summed E-state index contributed by atoms with van der Waals surface area (Å²) >= 11 is 3.25. The summed E-state index contributed by atoms with van der Waals surface area (Å²) in [4.78, 5) is 24.0. The summed E-state index contributed by atoms with van der Waals surface area (Å²) in [5, 5.41) is 12.1. The molecule has 2 aliphatic carbocycles. The second kappa shape index (κ2) is 11.9. The van der Waals surface area contributed by atoms with Crippen molar-refractivity contribution < 1.29 is 19.4 Å². The van der Waals surface area contributed by atoms with E-state index in [4.69, 9.17) is 4.74 Å². The molecule has 5 nitrogen and oxygen atoms in total. The third-order valence-electron chi connectivity index (χ3n) is 5.09. The molecule has 0 heterocycles. The number of ether oxygens (including phenoxy) is 1. The number of rotatable bonds is 6. The highest BCUT2D eigenvalue weighted by molar-refractivity contribution is 9.10. The number of carboxylic acids is 1. The molecule has 1 aromatic rings. The molecule has 1 saturated carbocycles. The number of hydrogen-bond acceptors (Lipinski definition) is 3. The minimum Gasteiger partial charge on any atom is -0.478 e. The van der Waals surface area contributed by atoms with E-state index in [1.54, 1.807) is 18.2 Å². The van der Waals surface area contributed by atoms with Gasteiger partial charge in [0.25, 0.3) is 5.91 Å². The van der Waals surface area contributed by atoms with Crippen LogP contribution < -0.4 is 5.32 Å². The van der Waals surface area contributed by atoms with Crippen LogP contribution in [0.5, 0.6) is 0 Å². The number of amides is 1. The molecule has 0 spiro atoms. The molecule has 1 fully saturated rings. The molecular formula is C23H30BrNO4. The van der Waals surface area contributed by atoms with Crippen LogP contribution in [0.4, 0.5) is 5.69 Å². The number of allylic oxidation sites excluding steroid dienone is 2. The highest BCUT2D eigenvalue weighted by Gasteiger charge is 2.20. The first-order chi connectivity index (χ1) is 14.0. The average molecular weight is 464 g/mol. The first-order valence-electron chi connectivity index (χ1n) is 10.4. The molecule has 6 heteroatoms. The van der Waals surface area contributed by atoms with Gasteiger partial charge in [0, 0.05) is 10.0 Å². The summed E-state index contributed by atoms with van der Waals surface area (Å²) in [6.07, 6.45) is 12.1. The van der Waals surface area contributed by atoms with Gasteiger partial charge in [0.15, 0.2) is 0 Å². The number of hydrogen-bond donors (Lipinski definition) is 2. The third kappa shape index (κ3) is 7.12. The molecule has 1 amide bonds. The van der Waals surface area contributed by atoms with E-state index in [-0.39, 0.29) is 17.6 Å². The Bertz CT molecular complexity index is 766. The van der Waals surface area contributed by atoms with Crippen molar-refractivity contribution in [1.29, 1.82) is 0 Å². The fraction of sp³-hybridized carbons (Fsp3) is 0.478. The first kappa shape index (κ1) is 23.4. The molecule has 29 heavy (non-hydrogen) atoms. The van der Waals surface area contributed by atoms with E-state index >= 15 is 0 Å². The molecule has 1 unspecified atom stereocenters. The lowest BCUT2D eigenvalue weighted by Gasteiger charge is -2.17. The van der Waals surface area contributed by atoms with Crippen molar-refractivity contribution in [1.82, 2.24) is 0 Å². The van der Waals surface area contributed by atoms with E-state index in [0.29, 0.717) is 28.1 Å². The summed E-state index contributed by atoms with van der Waals surface area (Å²) < 4.78 is 6.67. The largest absolute Gasteiger partial charge is 0.478 e. The Morgan fingerprint density at radius 2 is 1.93 bits per heavy atom. The molecule has 0 saturated heterocycles. The van der Waals surface area contributed by atoms with Crippen LogP contribution in [-0.2, 0) is 9.53 Å². The summed E-state index contributed by atoms with van der Waals surface area (Å²) in [5.41, 5.74) is 0.969. The number of aromatic carboxylic acids is 1. The van der Waals surface area contributed by atoms with Gasteiger partial charge >= 0.3 is 5.97 Å². The Kier molecular flexibility index (Phi) is 9.61. The minimum absolute atomic E-state index is 0.0226. The van der Waals surface area contributed by atoms with Gasteiger partial charge in [-0.3, -0.25) is 4.79 Å². The lowest BCUT2D eigenvalue weighted by atomic mass is 10.1. The smallest absolute Gasteiger partial charge is 0.337 e. The number of carbonyl (C=O) groups is 2. The molecule has 0 aliphatic heterocycles. The van der Waals surface area contributed by atoms with Crippen LogP contribution in [0.3, 0.4) is 0 Å². The molecule has 3 rings (SSSR count). The molecule has 0 radical (unpaired) electrons. The lowest BCUT2D eigenvalue weighted by Crippen LogP contribution is -2.18. The number of anilines is 1. The van der Waals surface area contributed by atoms with Crippen LogP contribution in [0.1, 0.15) is 62.7 Å². The van der Waals surface area contributed by atoms with E-state index in [9.17, 15) is 14.7 Å².